The molecule has 2 heterocycles. The molecule has 6 nitrogen and oxygen atoms in total. The number of carbonyl (C=O) groups is 2. The Labute approximate surface area is 120 Å². The number of ether oxygens (including phenoxy) is 1. The lowest BCUT2D eigenvalue weighted by Crippen LogP contribution is -2.41. The van der Waals surface area contributed by atoms with Gasteiger partial charge in [-0.1, -0.05) is 0 Å². The number of halogens is 3. The number of hydrogen-bond donors (Lipinski definition) is 1. The van der Waals surface area contributed by atoms with Crippen molar-refractivity contribution in [1.82, 2.24) is 14.7 Å². The van der Waals surface area contributed by atoms with Crippen molar-refractivity contribution in [2.45, 2.75) is 19.1 Å². The van der Waals surface area contributed by atoms with Gasteiger partial charge < -0.3 is 10.1 Å². The number of alkyl halides is 3. The number of esters is 1. The molecule has 10 heteroatoms. The van der Waals surface area contributed by atoms with Crippen molar-refractivity contribution >= 4 is 28.0 Å². The zero-order chi connectivity index (χ0) is 15.6. The van der Waals surface area contributed by atoms with Crippen LogP contribution < -0.4 is 5.32 Å². The van der Waals surface area contributed by atoms with E-state index in [4.69, 9.17) is 4.74 Å². The maximum Gasteiger partial charge on any atom is 0.471 e. The Bertz CT molecular complexity index is 664. The van der Waals surface area contributed by atoms with Crippen LogP contribution in [0.4, 0.5) is 13.2 Å². The highest BCUT2D eigenvalue weighted by Crippen LogP contribution is 2.21. The van der Waals surface area contributed by atoms with E-state index in [1.807, 2.05) is 0 Å². The first-order valence-electron chi connectivity index (χ1n) is 5.70. The Morgan fingerprint density at radius 2 is 2.24 bits per heavy atom. The van der Waals surface area contributed by atoms with Gasteiger partial charge in [-0.25, -0.2) is 4.98 Å². The standard InChI is InChI=1S/C11H10F3N3O3S/c1-6(18)20-5-7(16-10(19)11(12,13)14)9-15-4-8-17(9)2-3-21-8/h2-4,7H,5H2,1H3,(H,16,19). The van der Waals surface area contributed by atoms with Crippen molar-refractivity contribution in [3.63, 3.8) is 0 Å². The normalized spacial score (nSPS) is 13.1. The molecule has 0 aromatic carbocycles. The fraction of sp³-hybridized carbons (Fsp3) is 0.364. The molecule has 0 spiro atoms. The molecule has 1 N–H and O–H groups in total. The number of amides is 1. The third-order valence-corrected chi connectivity index (χ3v) is 3.32. The average Bonchev–Trinajstić information content (AvgIpc) is 2.95. The Kier molecular flexibility index (Phi) is 4.16. The summed E-state index contributed by atoms with van der Waals surface area (Å²) in [5.41, 5.74) is 0. The smallest absolute Gasteiger partial charge is 0.463 e. The topological polar surface area (TPSA) is 72.7 Å². The van der Waals surface area contributed by atoms with E-state index in [-0.39, 0.29) is 5.82 Å². The van der Waals surface area contributed by atoms with Crippen molar-refractivity contribution in [1.29, 1.82) is 0 Å². The van der Waals surface area contributed by atoms with E-state index in [1.54, 1.807) is 16.9 Å². The second-order valence-electron chi connectivity index (χ2n) is 4.05. The van der Waals surface area contributed by atoms with Crippen molar-refractivity contribution in [2.24, 2.45) is 0 Å². The van der Waals surface area contributed by atoms with E-state index in [2.05, 4.69) is 4.98 Å². The van der Waals surface area contributed by atoms with Crippen molar-refractivity contribution < 1.29 is 27.5 Å². The highest BCUT2D eigenvalue weighted by Gasteiger charge is 2.40. The lowest BCUT2D eigenvalue weighted by Gasteiger charge is -2.18. The number of carbonyl (C=O) groups excluding carboxylic acids is 2. The molecular weight excluding hydrogens is 311 g/mol. The number of fused-ring (bicyclic) bond motifs is 1. The van der Waals surface area contributed by atoms with Crippen molar-refractivity contribution in [3.8, 4) is 0 Å². The van der Waals surface area contributed by atoms with Crippen LogP contribution in [0.25, 0.3) is 4.83 Å². The zero-order valence-electron chi connectivity index (χ0n) is 10.7. The molecule has 0 aliphatic carbocycles. The predicted octanol–water partition coefficient (Wildman–Crippen LogP) is 1.68. The number of rotatable bonds is 4. The number of aromatic nitrogens is 2. The van der Waals surface area contributed by atoms with Gasteiger partial charge in [0.1, 0.15) is 23.3 Å². The van der Waals surface area contributed by atoms with Crippen LogP contribution in [0.5, 0.6) is 0 Å². The molecule has 0 bridgehead atoms. The molecule has 0 aliphatic rings. The van der Waals surface area contributed by atoms with Crippen molar-refractivity contribution in [3.05, 3.63) is 23.6 Å². The van der Waals surface area contributed by atoms with E-state index in [1.165, 1.54) is 21.9 Å². The summed E-state index contributed by atoms with van der Waals surface area (Å²) in [5, 5.41) is 3.49. The molecule has 21 heavy (non-hydrogen) atoms. The van der Waals surface area contributed by atoms with Crippen LogP contribution >= 0.6 is 11.3 Å². The number of nitrogens with one attached hydrogen (secondary N) is 1. The van der Waals surface area contributed by atoms with Gasteiger partial charge in [0, 0.05) is 18.5 Å². The lowest BCUT2D eigenvalue weighted by atomic mass is 10.3. The molecule has 0 saturated heterocycles. The first-order valence-corrected chi connectivity index (χ1v) is 6.58. The summed E-state index contributed by atoms with van der Waals surface area (Å²) in [4.78, 5) is 26.6. The van der Waals surface area contributed by atoms with Gasteiger partial charge in [0.25, 0.3) is 0 Å². The molecule has 1 atom stereocenters. The minimum Gasteiger partial charge on any atom is -0.463 e. The monoisotopic (exact) mass is 321 g/mol. The minimum atomic E-state index is -5.03. The minimum absolute atomic E-state index is 0.158. The second-order valence-corrected chi connectivity index (χ2v) is 4.98. The first kappa shape index (κ1) is 15.3. The molecule has 0 radical (unpaired) electrons. The number of imidazole rings is 1. The first-order chi connectivity index (χ1) is 9.79. The van der Waals surface area contributed by atoms with E-state index in [0.717, 1.165) is 6.92 Å². The number of thiazole rings is 1. The van der Waals surface area contributed by atoms with Crippen LogP contribution in [0.1, 0.15) is 18.8 Å². The summed E-state index contributed by atoms with van der Waals surface area (Å²) >= 11 is 1.33. The summed E-state index contributed by atoms with van der Waals surface area (Å²) in [7, 11) is 0. The zero-order valence-corrected chi connectivity index (χ0v) is 11.5. The molecule has 114 valence electrons. The molecule has 0 saturated carbocycles. The SMILES string of the molecule is CC(=O)OCC(NC(=O)C(F)(F)F)c1ncc2sccn12. The summed E-state index contributed by atoms with van der Waals surface area (Å²) < 4.78 is 43.3. The number of nitrogens with zero attached hydrogens (tertiary/aromatic N) is 2. The molecular formula is C11H10F3N3O3S. The quantitative estimate of drug-likeness (QED) is 0.870. The molecule has 2 aromatic rings. The van der Waals surface area contributed by atoms with E-state index in [0.29, 0.717) is 4.83 Å². The van der Waals surface area contributed by atoms with Crippen LogP contribution in [0, 0.1) is 0 Å². The average molecular weight is 321 g/mol. The lowest BCUT2D eigenvalue weighted by molar-refractivity contribution is -0.175. The Hall–Kier alpha value is -2.10. The maximum absolute atomic E-state index is 12.4. The van der Waals surface area contributed by atoms with Gasteiger partial charge in [-0.05, 0) is 0 Å². The fourth-order valence-electron chi connectivity index (χ4n) is 1.64. The van der Waals surface area contributed by atoms with Gasteiger partial charge in [-0.15, -0.1) is 11.3 Å². The van der Waals surface area contributed by atoms with Crippen molar-refractivity contribution in [2.75, 3.05) is 6.61 Å². The van der Waals surface area contributed by atoms with Gasteiger partial charge in [-0.2, -0.15) is 13.2 Å². The van der Waals surface area contributed by atoms with Crippen LogP contribution in [0.2, 0.25) is 0 Å². The molecule has 2 aromatic heterocycles. The Morgan fingerprint density at radius 3 is 2.86 bits per heavy atom. The molecule has 1 amide bonds. The van der Waals surface area contributed by atoms with Gasteiger partial charge in [0.15, 0.2) is 0 Å². The third-order valence-electron chi connectivity index (χ3n) is 2.52. The summed E-state index contributed by atoms with van der Waals surface area (Å²) in [5.74, 6) is -2.63. The highest BCUT2D eigenvalue weighted by molar-refractivity contribution is 7.15. The van der Waals surface area contributed by atoms with E-state index in [9.17, 15) is 22.8 Å². The summed E-state index contributed by atoms with van der Waals surface area (Å²) in [6.45, 7) is 0.681. The Morgan fingerprint density at radius 1 is 1.52 bits per heavy atom. The van der Waals surface area contributed by atoms with Gasteiger partial charge in [0.05, 0.1) is 6.20 Å². The van der Waals surface area contributed by atoms with E-state index < -0.39 is 30.7 Å². The van der Waals surface area contributed by atoms with Crippen LogP contribution in [-0.4, -0.2) is 34.0 Å². The largest absolute Gasteiger partial charge is 0.471 e. The summed E-state index contributed by atoms with van der Waals surface area (Å²) in [6.07, 6.45) is -1.97. The second kappa shape index (κ2) is 5.72. The number of hydrogen-bond acceptors (Lipinski definition) is 5. The maximum atomic E-state index is 12.4. The van der Waals surface area contributed by atoms with Gasteiger partial charge >= 0.3 is 18.1 Å². The molecule has 1 unspecified atom stereocenters. The predicted molar refractivity (Wildman–Crippen MR) is 66.6 cm³/mol. The molecule has 2 rings (SSSR count). The fourth-order valence-corrected chi connectivity index (χ4v) is 2.34. The summed E-state index contributed by atoms with van der Waals surface area (Å²) in [6, 6.07) is -1.19. The van der Waals surface area contributed by atoms with Gasteiger partial charge in [-0.3, -0.25) is 14.0 Å². The van der Waals surface area contributed by atoms with E-state index >= 15 is 0 Å². The highest BCUT2D eigenvalue weighted by atomic mass is 32.1. The molecule has 0 aliphatic heterocycles. The van der Waals surface area contributed by atoms with Crippen LogP contribution in [0.15, 0.2) is 17.8 Å². The van der Waals surface area contributed by atoms with Crippen LogP contribution in [0.3, 0.4) is 0 Å². The van der Waals surface area contributed by atoms with Gasteiger partial charge in [0.2, 0.25) is 0 Å². The Balaban J connectivity index is 2.25. The van der Waals surface area contributed by atoms with Crippen LogP contribution in [-0.2, 0) is 14.3 Å². The molecule has 0 fully saturated rings. The third kappa shape index (κ3) is 3.51.